The van der Waals surface area contributed by atoms with Gasteiger partial charge in [-0.2, -0.15) is 5.10 Å². The average molecular weight is 284 g/mol. The van der Waals surface area contributed by atoms with Gasteiger partial charge in [-0.15, -0.1) is 0 Å². The Labute approximate surface area is 119 Å². The monoisotopic (exact) mass is 284 g/mol. The van der Waals surface area contributed by atoms with E-state index < -0.39 is 0 Å². The third kappa shape index (κ3) is 2.34. The summed E-state index contributed by atoms with van der Waals surface area (Å²) >= 11 is 0. The fourth-order valence-corrected chi connectivity index (χ4v) is 2.10. The van der Waals surface area contributed by atoms with Crippen molar-refractivity contribution in [1.82, 2.24) is 10.2 Å². The first-order valence-electron chi connectivity index (χ1n) is 6.15. The summed E-state index contributed by atoms with van der Waals surface area (Å²) in [6, 6.07) is 10.4. The zero-order valence-electron chi connectivity index (χ0n) is 10.8. The molecule has 0 aliphatic heterocycles. The summed E-state index contributed by atoms with van der Waals surface area (Å²) in [5, 5.41) is 45.1. The molecule has 0 saturated carbocycles. The van der Waals surface area contributed by atoms with Crippen molar-refractivity contribution in [3.63, 3.8) is 0 Å². The Balaban J connectivity index is 2.05. The largest absolute Gasteiger partial charge is 0.508 e. The van der Waals surface area contributed by atoms with Crippen molar-refractivity contribution in [1.29, 1.82) is 0 Å². The Bertz CT molecular complexity index is 771. The van der Waals surface area contributed by atoms with Crippen LogP contribution in [-0.4, -0.2) is 30.6 Å². The van der Waals surface area contributed by atoms with E-state index in [1.165, 1.54) is 0 Å². The molecule has 3 rings (SSSR count). The lowest BCUT2D eigenvalue weighted by atomic mass is 10.1. The van der Waals surface area contributed by atoms with Crippen molar-refractivity contribution in [2.45, 2.75) is 0 Å². The smallest absolute Gasteiger partial charge is 0.132 e. The Morgan fingerprint density at radius 2 is 1.38 bits per heavy atom. The molecule has 3 aromatic rings. The zero-order valence-corrected chi connectivity index (χ0v) is 10.8. The van der Waals surface area contributed by atoms with Crippen LogP contribution < -0.4 is 0 Å². The van der Waals surface area contributed by atoms with Gasteiger partial charge in [-0.05, 0) is 30.3 Å². The van der Waals surface area contributed by atoms with Crippen LogP contribution in [0.5, 0.6) is 23.0 Å². The zero-order chi connectivity index (χ0) is 15.0. The predicted molar refractivity (Wildman–Crippen MR) is 76.1 cm³/mol. The predicted octanol–water partition coefficient (Wildman–Crippen LogP) is 2.57. The van der Waals surface area contributed by atoms with E-state index in [-0.39, 0.29) is 28.6 Å². The summed E-state index contributed by atoms with van der Waals surface area (Å²) in [6.07, 6.45) is 0. The van der Waals surface area contributed by atoms with Gasteiger partial charge >= 0.3 is 0 Å². The van der Waals surface area contributed by atoms with Crippen molar-refractivity contribution < 1.29 is 20.4 Å². The minimum atomic E-state index is -0.256. The van der Waals surface area contributed by atoms with Crippen molar-refractivity contribution in [3.8, 4) is 45.5 Å². The third-order valence-electron chi connectivity index (χ3n) is 3.09. The van der Waals surface area contributed by atoms with E-state index in [2.05, 4.69) is 10.2 Å². The normalized spacial score (nSPS) is 10.7. The van der Waals surface area contributed by atoms with E-state index >= 15 is 0 Å². The molecular formula is C15H12N2O4. The summed E-state index contributed by atoms with van der Waals surface area (Å²) in [5.41, 5.74) is 1.93. The lowest BCUT2D eigenvalue weighted by Gasteiger charge is -2.05. The Kier molecular flexibility index (Phi) is 2.91. The van der Waals surface area contributed by atoms with Crippen molar-refractivity contribution in [2.75, 3.05) is 0 Å². The second kappa shape index (κ2) is 4.75. The molecule has 0 spiro atoms. The fraction of sp³-hybridized carbons (Fsp3) is 0. The van der Waals surface area contributed by atoms with E-state index in [1.54, 1.807) is 30.3 Å². The number of nitrogens with zero attached hydrogens (tertiary/aromatic N) is 1. The van der Waals surface area contributed by atoms with Crippen LogP contribution in [0.1, 0.15) is 0 Å². The molecule has 0 radical (unpaired) electrons. The highest BCUT2D eigenvalue weighted by Crippen LogP contribution is 2.40. The highest BCUT2D eigenvalue weighted by atomic mass is 16.3. The summed E-state index contributed by atoms with van der Waals surface area (Å²) < 4.78 is 0. The maximum absolute atomic E-state index is 9.84. The Morgan fingerprint density at radius 3 is 2.00 bits per heavy atom. The van der Waals surface area contributed by atoms with E-state index in [0.29, 0.717) is 11.4 Å². The van der Waals surface area contributed by atoms with Crippen LogP contribution in [0.25, 0.3) is 22.5 Å². The molecule has 0 amide bonds. The van der Waals surface area contributed by atoms with Gasteiger partial charge in [-0.3, -0.25) is 5.10 Å². The molecule has 0 aliphatic carbocycles. The highest BCUT2D eigenvalue weighted by Gasteiger charge is 2.15. The van der Waals surface area contributed by atoms with Gasteiger partial charge in [0.25, 0.3) is 0 Å². The molecule has 0 saturated heterocycles. The van der Waals surface area contributed by atoms with Crippen LogP contribution in [0, 0.1) is 0 Å². The number of phenols is 4. The minimum absolute atomic E-state index is 0.156. The number of aromatic hydroxyl groups is 4. The van der Waals surface area contributed by atoms with Crippen LogP contribution >= 0.6 is 0 Å². The first-order chi connectivity index (χ1) is 10.0. The van der Waals surface area contributed by atoms with Gasteiger partial charge in [0.15, 0.2) is 0 Å². The standard InChI is InChI=1S/C15H12N2O4/c18-9-3-1-8(2-4-9)11-7-12(17-16-11)15-13(20)5-10(19)6-14(15)21/h1-7,18-21H,(H,16,17). The lowest BCUT2D eigenvalue weighted by Crippen LogP contribution is -1.81. The van der Waals surface area contributed by atoms with E-state index in [0.717, 1.165) is 17.7 Å². The number of H-pyrrole nitrogens is 1. The maximum atomic E-state index is 9.84. The number of phenolic OH excluding ortho intramolecular Hbond substituents is 4. The molecule has 0 aliphatic rings. The topological polar surface area (TPSA) is 110 Å². The van der Waals surface area contributed by atoms with Crippen molar-refractivity contribution >= 4 is 0 Å². The van der Waals surface area contributed by atoms with Gasteiger partial charge < -0.3 is 20.4 Å². The summed E-state index contributed by atoms with van der Waals surface area (Å²) in [6.45, 7) is 0. The van der Waals surface area contributed by atoms with Crippen LogP contribution in [-0.2, 0) is 0 Å². The second-order valence-electron chi connectivity index (χ2n) is 4.57. The number of rotatable bonds is 2. The molecule has 106 valence electrons. The van der Waals surface area contributed by atoms with Gasteiger partial charge in [0.05, 0.1) is 17.0 Å². The van der Waals surface area contributed by atoms with Crippen molar-refractivity contribution in [3.05, 3.63) is 42.5 Å². The number of benzene rings is 2. The molecule has 1 aromatic heterocycles. The number of hydrogen-bond acceptors (Lipinski definition) is 5. The van der Waals surface area contributed by atoms with Crippen LogP contribution in [0.4, 0.5) is 0 Å². The SMILES string of the molecule is Oc1ccc(-c2cc(-c3c(O)cc(O)cc3O)[nH]n2)cc1. The number of nitrogens with one attached hydrogen (secondary N) is 1. The van der Waals surface area contributed by atoms with Crippen LogP contribution in [0.15, 0.2) is 42.5 Å². The summed E-state index contributed by atoms with van der Waals surface area (Å²) in [5.74, 6) is -0.586. The molecule has 2 aromatic carbocycles. The second-order valence-corrected chi connectivity index (χ2v) is 4.57. The molecular weight excluding hydrogens is 272 g/mol. The van der Waals surface area contributed by atoms with Gasteiger partial charge in [-0.1, -0.05) is 0 Å². The molecule has 6 nitrogen and oxygen atoms in total. The lowest BCUT2D eigenvalue weighted by molar-refractivity contribution is 0.430. The number of aromatic nitrogens is 2. The Hall–Kier alpha value is -3.15. The van der Waals surface area contributed by atoms with Gasteiger partial charge in [0.1, 0.15) is 23.0 Å². The van der Waals surface area contributed by atoms with E-state index in [4.69, 9.17) is 0 Å². The van der Waals surface area contributed by atoms with Gasteiger partial charge in [-0.25, -0.2) is 0 Å². The molecule has 0 unspecified atom stereocenters. The average Bonchev–Trinajstić information content (AvgIpc) is 2.87. The van der Waals surface area contributed by atoms with Crippen LogP contribution in [0.2, 0.25) is 0 Å². The highest BCUT2D eigenvalue weighted by molar-refractivity contribution is 5.77. The molecule has 6 heteroatoms. The molecule has 0 atom stereocenters. The van der Waals surface area contributed by atoms with E-state index in [9.17, 15) is 20.4 Å². The molecule has 5 N–H and O–H groups in total. The summed E-state index contributed by atoms with van der Waals surface area (Å²) in [4.78, 5) is 0. The first kappa shape index (κ1) is 12.9. The molecule has 21 heavy (non-hydrogen) atoms. The third-order valence-corrected chi connectivity index (χ3v) is 3.09. The quantitative estimate of drug-likeness (QED) is 0.497. The van der Waals surface area contributed by atoms with Crippen LogP contribution in [0.3, 0.4) is 0 Å². The first-order valence-corrected chi connectivity index (χ1v) is 6.15. The molecule has 1 heterocycles. The Morgan fingerprint density at radius 1 is 0.762 bits per heavy atom. The van der Waals surface area contributed by atoms with Gasteiger partial charge in [0, 0.05) is 17.7 Å². The van der Waals surface area contributed by atoms with Gasteiger partial charge in [0.2, 0.25) is 0 Å². The maximum Gasteiger partial charge on any atom is 0.132 e. The molecule has 0 bridgehead atoms. The molecule has 0 fully saturated rings. The fourth-order valence-electron chi connectivity index (χ4n) is 2.10. The number of hydrogen-bond donors (Lipinski definition) is 5. The van der Waals surface area contributed by atoms with Crippen molar-refractivity contribution in [2.24, 2.45) is 0 Å². The van der Waals surface area contributed by atoms with E-state index in [1.807, 2.05) is 0 Å². The minimum Gasteiger partial charge on any atom is -0.508 e. The summed E-state index contributed by atoms with van der Waals surface area (Å²) in [7, 11) is 0. The number of aromatic amines is 1.